The van der Waals surface area contributed by atoms with Gasteiger partial charge in [-0.05, 0) is 45.1 Å². The van der Waals surface area contributed by atoms with Gasteiger partial charge in [-0.3, -0.25) is 0 Å². The predicted molar refractivity (Wildman–Crippen MR) is 86.7 cm³/mol. The van der Waals surface area contributed by atoms with Crippen LogP contribution in [0, 0.1) is 5.92 Å². The van der Waals surface area contributed by atoms with Crippen LogP contribution in [0.3, 0.4) is 0 Å². The molecule has 4 heteroatoms. The van der Waals surface area contributed by atoms with E-state index in [1.54, 1.807) is 0 Å². The van der Waals surface area contributed by atoms with Crippen molar-refractivity contribution in [1.82, 2.24) is 10.3 Å². The molecule has 1 aliphatic carbocycles. The van der Waals surface area contributed by atoms with E-state index in [1.807, 2.05) is 11.3 Å². The molecule has 2 unspecified atom stereocenters. The number of anilines is 1. The van der Waals surface area contributed by atoms with Crippen LogP contribution in [0.5, 0.6) is 0 Å². The summed E-state index contributed by atoms with van der Waals surface area (Å²) >= 11 is 1.93. The molecule has 2 heterocycles. The Kier molecular flexibility index (Phi) is 4.32. The molecule has 1 aromatic heterocycles. The summed E-state index contributed by atoms with van der Waals surface area (Å²) in [5, 5.41) is 4.75. The van der Waals surface area contributed by atoms with Gasteiger partial charge in [-0.1, -0.05) is 13.8 Å². The quantitative estimate of drug-likeness (QED) is 0.896. The summed E-state index contributed by atoms with van der Waals surface area (Å²) in [7, 11) is 0. The summed E-state index contributed by atoms with van der Waals surface area (Å²) in [6, 6.07) is 0.643. The maximum atomic E-state index is 5.03. The van der Waals surface area contributed by atoms with Gasteiger partial charge in [0.05, 0.1) is 5.69 Å². The number of hydrogen-bond donors (Lipinski definition) is 1. The fraction of sp³-hybridized carbons (Fsp3) is 0.812. The molecule has 1 saturated carbocycles. The molecule has 0 bridgehead atoms. The van der Waals surface area contributed by atoms with Gasteiger partial charge in [-0.25, -0.2) is 4.98 Å². The Hall–Kier alpha value is -0.610. The van der Waals surface area contributed by atoms with Crippen LogP contribution in [0.1, 0.15) is 62.9 Å². The molecule has 3 rings (SSSR count). The standard InChI is InChI=1S/C16H27N3S/c1-4-17-10-14-15(13-5-6-13)18-16(20-14)19-8-7-11(2)9-12(19)3/h11-13,17H,4-10H2,1-3H3. The third-order valence-electron chi connectivity index (χ3n) is 4.60. The number of nitrogens with one attached hydrogen (secondary N) is 1. The van der Waals surface area contributed by atoms with Gasteiger partial charge in [-0.2, -0.15) is 0 Å². The maximum Gasteiger partial charge on any atom is 0.186 e. The second-order valence-corrected chi connectivity index (χ2v) is 7.59. The molecule has 112 valence electrons. The molecule has 1 aliphatic heterocycles. The van der Waals surface area contributed by atoms with Crippen LogP contribution in [-0.2, 0) is 6.54 Å². The Bertz CT molecular complexity index is 453. The van der Waals surface area contributed by atoms with E-state index < -0.39 is 0 Å². The number of hydrogen-bond acceptors (Lipinski definition) is 4. The number of nitrogens with zero attached hydrogens (tertiary/aromatic N) is 2. The highest BCUT2D eigenvalue weighted by Crippen LogP contribution is 2.44. The van der Waals surface area contributed by atoms with E-state index in [0.29, 0.717) is 6.04 Å². The zero-order valence-electron chi connectivity index (χ0n) is 13.0. The molecule has 2 atom stereocenters. The van der Waals surface area contributed by atoms with Crippen LogP contribution in [0.2, 0.25) is 0 Å². The summed E-state index contributed by atoms with van der Waals surface area (Å²) in [5.74, 6) is 1.62. The third-order valence-corrected chi connectivity index (χ3v) is 5.71. The predicted octanol–water partition coefficient (Wildman–Crippen LogP) is 3.75. The minimum Gasteiger partial charge on any atom is -0.345 e. The van der Waals surface area contributed by atoms with Crippen molar-refractivity contribution in [3.05, 3.63) is 10.6 Å². The van der Waals surface area contributed by atoms with E-state index in [1.165, 1.54) is 47.9 Å². The summed E-state index contributed by atoms with van der Waals surface area (Å²) < 4.78 is 0. The largest absolute Gasteiger partial charge is 0.345 e. The molecule has 2 aliphatic rings. The summed E-state index contributed by atoms with van der Waals surface area (Å²) in [5.41, 5.74) is 1.40. The van der Waals surface area contributed by atoms with E-state index in [-0.39, 0.29) is 0 Å². The van der Waals surface area contributed by atoms with Crippen molar-refractivity contribution in [2.75, 3.05) is 18.0 Å². The van der Waals surface area contributed by atoms with E-state index in [0.717, 1.165) is 24.9 Å². The van der Waals surface area contributed by atoms with Gasteiger partial charge < -0.3 is 10.2 Å². The number of piperidine rings is 1. The fourth-order valence-corrected chi connectivity index (χ4v) is 4.45. The molecular formula is C16H27N3S. The van der Waals surface area contributed by atoms with Gasteiger partial charge >= 0.3 is 0 Å². The van der Waals surface area contributed by atoms with Crippen molar-refractivity contribution < 1.29 is 0 Å². The van der Waals surface area contributed by atoms with E-state index >= 15 is 0 Å². The highest BCUT2D eigenvalue weighted by Gasteiger charge is 2.32. The maximum absolute atomic E-state index is 5.03. The lowest BCUT2D eigenvalue weighted by Gasteiger charge is -2.36. The number of aromatic nitrogens is 1. The minimum absolute atomic E-state index is 0.643. The van der Waals surface area contributed by atoms with E-state index in [4.69, 9.17) is 4.98 Å². The number of thiazole rings is 1. The lowest BCUT2D eigenvalue weighted by Crippen LogP contribution is -2.40. The average molecular weight is 293 g/mol. The fourth-order valence-electron chi connectivity index (χ4n) is 3.21. The number of rotatable bonds is 5. The van der Waals surface area contributed by atoms with Crippen molar-refractivity contribution in [2.45, 2.75) is 65.0 Å². The molecule has 0 spiro atoms. The van der Waals surface area contributed by atoms with Gasteiger partial charge in [0.2, 0.25) is 0 Å². The molecule has 1 N–H and O–H groups in total. The highest BCUT2D eigenvalue weighted by atomic mass is 32.1. The van der Waals surface area contributed by atoms with Crippen LogP contribution in [0.25, 0.3) is 0 Å². The molecule has 1 aromatic rings. The Morgan fingerprint density at radius 1 is 1.30 bits per heavy atom. The van der Waals surface area contributed by atoms with Crippen molar-refractivity contribution in [3.8, 4) is 0 Å². The van der Waals surface area contributed by atoms with Crippen LogP contribution in [0.15, 0.2) is 0 Å². The van der Waals surface area contributed by atoms with Crippen molar-refractivity contribution >= 4 is 16.5 Å². The smallest absolute Gasteiger partial charge is 0.186 e. The van der Waals surface area contributed by atoms with Gasteiger partial charge in [0, 0.05) is 29.9 Å². The minimum atomic E-state index is 0.643. The lowest BCUT2D eigenvalue weighted by molar-refractivity contribution is 0.377. The van der Waals surface area contributed by atoms with Crippen molar-refractivity contribution in [3.63, 3.8) is 0 Å². The van der Waals surface area contributed by atoms with Crippen LogP contribution in [0.4, 0.5) is 5.13 Å². The molecule has 2 fully saturated rings. The normalized spacial score (nSPS) is 27.1. The van der Waals surface area contributed by atoms with Gasteiger partial charge in [-0.15, -0.1) is 11.3 Å². The molecule has 0 amide bonds. The molecule has 20 heavy (non-hydrogen) atoms. The second-order valence-electron chi connectivity index (χ2n) is 6.53. The van der Waals surface area contributed by atoms with E-state index in [2.05, 4.69) is 31.0 Å². The van der Waals surface area contributed by atoms with E-state index in [9.17, 15) is 0 Å². The summed E-state index contributed by atoms with van der Waals surface area (Å²) in [4.78, 5) is 9.06. The molecular weight excluding hydrogens is 266 g/mol. The zero-order chi connectivity index (χ0) is 14.1. The first-order chi connectivity index (χ1) is 9.69. The van der Waals surface area contributed by atoms with Crippen LogP contribution in [-0.4, -0.2) is 24.1 Å². The zero-order valence-corrected chi connectivity index (χ0v) is 13.8. The first kappa shape index (κ1) is 14.3. The average Bonchev–Trinajstić information content (AvgIpc) is 3.18. The van der Waals surface area contributed by atoms with Gasteiger partial charge in [0.1, 0.15) is 0 Å². The van der Waals surface area contributed by atoms with Crippen molar-refractivity contribution in [2.24, 2.45) is 5.92 Å². The second kappa shape index (κ2) is 6.02. The SMILES string of the molecule is CCNCc1sc(N2CCC(C)CC2C)nc1C1CC1. The Morgan fingerprint density at radius 3 is 2.75 bits per heavy atom. The molecule has 3 nitrogen and oxygen atoms in total. The highest BCUT2D eigenvalue weighted by molar-refractivity contribution is 7.15. The third kappa shape index (κ3) is 3.01. The first-order valence-electron chi connectivity index (χ1n) is 8.16. The summed E-state index contributed by atoms with van der Waals surface area (Å²) in [6.07, 6.45) is 5.30. The van der Waals surface area contributed by atoms with Crippen LogP contribution >= 0.6 is 11.3 Å². The monoisotopic (exact) mass is 293 g/mol. The molecule has 0 aromatic carbocycles. The van der Waals surface area contributed by atoms with Crippen molar-refractivity contribution in [1.29, 1.82) is 0 Å². The summed E-state index contributed by atoms with van der Waals surface area (Å²) in [6.45, 7) is 10.1. The first-order valence-corrected chi connectivity index (χ1v) is 8.97. The molecule has 1 saturated heterocycles. The molecule has 0 radical (unpaired) electrons. The van der Waals surface area contributed by atoms with Gasteiger partial charge in [0.25, 0.3) is 0 Å². The van der Waals surface area contributed by atoms with Gasteiger partial charge in [0.15, 0.2) is 5.13 Å². The Balaban J connectivity index is 1.78. The Morgan fingerprint density at radius 2 is 2.10 bits per heavy atom. The topological polar surface area (TPSA) is 28.2 Å². The Labute approximate surface area is 126 Å². The van der Waals surface area contributed by atoms with Crippen LogP contribution < -0.4 is 10.2 Å². The lowest BCUT2D eigenvalue weighted by atomic mass is 9.94.